The summed E-state index contributed by atoms with van der Waals surface area (Å²) in [7, 11) is -2.11. The Labute approximate surface area is 206 Å². The van der Waals surface area contributed by atoms with Crippen molar-refractivity contribution < 1.29 is 8.42 Å². The van der Waals surface area contributed by atoms with Crippen molar-refractivity contribution >= 4 is 21.1 Å². The van der Waals surface area contributed by atoms with E-state index in [9.17, 15) is 8.42 Å². The Morgan fingerprint density at radius 1 is 1.06 bits per heavy atom. The van der Waals surface area contributed by atoms with Gasteiger partial charge >= 0.3 is 0 Å². The second-order valence-electron chi connectivity index (χ2n) is 9.25. The van der Waals surface area contributed by atoms with E-state index in [1.807, 2.05) is 32.0 Å². The predicted molar refractivity (Wildman–Crippen MR) is 136 cm³/mol. The third-order valence-corrected chi connectivity index (χ3v) is 7.99. The van der Waals surface area contributed by atoms with Gasteiger partial charge in [0.1, 0.15) is 11.3 Å². The number of aryl methyl sites for hydroxylation is 2. The van der Waals surface area contributed by atoms with Crippen molar-refractivity contribution in [1.29, 1.82) is 0 Å². The lowest BCUT2D eigenvalue weighted by Gasteiger charge is -2.28. The fourth-order valence-electron chi connectivity index (χ4n) is 4.21. The van der Waals surface area contributed by atoms with E-state index < -0.39 is 16.1 Å². The van der Waals surface area contributed by atoms with E-state index in [0.717, 1.165) is 40.2 Å². The van der Waals surface area contributed by atoms with E-state index in [1.54, 1.807) is 37.8 Å². The molecule has 4 aromatic rings. The van der Waals surface area contributed by atoms with Crippen LogP contribution in [-0.2, 0) is 22.9 Å². The van der Waals surface area contributed by atoms with Crippen molar-refractivity contribution in [2.75, 3.05) is 7.05 Å². The summed E-state index contributed by atoms with van der Waals surface area (Å²) in [6.45, 7) is 8.08. The number of H-pyrrole nitrogens is 1. The molecule has 0 aliphatic rings. The molecule has 9 heteroatoms. The van der Waals surface area contributed by atoms with Gasteiger partial charge in [-0.05, 0) is 49.4 Å². The van der Waals surface area contributed by atoms with Gasteiger partial charge in [0.05, 0.1) is 39.7 Å². The van der Waals surface area contributed by atoms with Crippen LogP contribution in [0.2, 0.25) is 0 Å². The number of nitrogens with zero attached hydrogens (tertiary/aromatic N) is 5. The van der Waals surface area contributed by atoms with E-state index >= 15 is 0 Å². The van der Waals surface area contributed by atoms with Gasteiger partial charge in [-0.1, -0.05) is 32.9 Å². The summed E-state index contributed by atoms with van der Waals surface area (Å²) in [5.74, 6) is 1.12. The molecule has 0 fully saturated rings. The highest BCUT2D eigenvalue weighted by atomic mass is 32.2. The Morgan fingerprint density at radius 2 is 1.80 bits per heavy atom. The molecule has 1 aromatic carbocycles. The number of aromatic amines is 1. The molecule has 1 N–H and O–H groups in total. The first kappa shape index (κ1) is 24.9. The largest absolute Gasteiger partial charge is 0.342 e. The smallest absolute Gasteiger partial charge is 0.243 e. The number of sulfonamides is 1. The molecule has 0 radical (unpaired) electrons. The second kappa shape index (κ2) is 10.2. The maximum atomic E-state index is 13.6. The second-order valence-corrected chi connectivity index (χ2v) is 11.2. The first-order valence-corrected chi connectivity index (χ1v) is 13.3. The molecule has 0 saturated heterocycles. The maximum absolute atomic E-state index is 13.6. The highest BCUT2D eigenvalue weighted by molar-refractivity contribution is 7.89. The Bertz CT molecular complexity index is 1410. The zero-order valence-electron chi connectivity index (χ0n) is 20.9. The van der Waals surface area contributed by atoms with Gasteiger partial charge in [0.15, 0.2) is 0 Å². The quantitative estimate of drug-likeness (QED) is 0.366. The number of pyridine rings is 1. The molecule has 0 aliphatic carbocycles. The van der Waals surface area contributed by atoms with Gasteiger partial charge in [0, 0.05) is 25.9 Å². The normalized spacial score (nSPS) is 13.1. The predicted octanol–water partition coefficient (Wildman–Crippen LogP) is 4.62. The van der Waals surface area contributed by atoms with Crippen LogP contribution >= 0.6 is 0 Å². The topological polar surface area (TPSA) is 105 Å². The molecule has 1 atom stereocenters. The minimum absolute atomic E-state index is 0.249. The third kappa shape index (κ3) is 5.41. The van der Waals surface area contributed by atoms with Crippen LogP contribution in [-0.4, -0.2) is 44.7 Å². The standard InChI is InChI=1S/C26H32N6O2S/c1-6-20-15-27-16-24(31-20)25(13-17(2)3)32(5)35(33,34)21-9-7-19(8-10-21)14-23-26-22(11-12-28-23)29-18(4)30-26/h7-12,15-17,25H,6,13-14H2,1-5H3,(H,29,30). The van der Waals surface area contributed by atoms with Crippen LogP contribution in [0.25, 0.3) is 11.0 Å². The zero-order chi connectivity index (χ0) is 25.2. The average molecular weight is 493 g/mol. The first-order chi connectivity index (χ1) is 16.7. The minimum atomic E-state index is -3.74. The first-order valence-electron chi connectivity index (χ1n) is 11.9. The number of aromatic nitrogens is 5. The molecular formula is C26H32N6O2S. The molecule has 0 aliphatic heterocycles. The van der Waals surface area contributed by atoms with Crippen molar-refractivity contribution in [2.45, 2.75) is 57.9 Å². The number of rotatable bonds is 9. The van der Waals surface area contributed by atoms with E-state index in [1.165, 1.54) is 4.31 Å². The van der Waals surface area contributed by atoms with Crippen molar-refractivity contribution in [3.63, 3.8) is 0 Å². The SMILES string of the molecule is CCc1cncc(C(CC(C)C)N(C)S(=O)(=O)c2ccc(Cc3nccc4[nH]c(C)nc34)cc2)n1. The van der Waals surface area contributed by atoms with Gasteiger partial charge in [-0.15, -0.1) is 0 Å². The molecule has 3 heterocycles. The highest BCUT2D eigenvalue weighted by Crippen LogP contribution is 2.30. The van der Waals surface area contributed by atoms with Gasteiger partial charge in [-0.2, -0.15) is 4.31 Å². The summed E-state index contributed by atoms with van der Waals surface area (Å²) in [4.78, 5) is 21.5. The molecule has 4 rings (SSSR count). The molecule has 35 heavy (non-hydrogen) atoms. The maximum Gasteiger partial charge on any atom is 0.243 e. The number of fused-ring (bicyclic) bond motifs is 1. The van der Waals surface area contributed by atoms with Gasteiger partial charge in [-0.3, -0.25) is 15.0 Å². The van der Waals surface area contributed by atoms with E-state index in [2.05, 4.69) is 38.8 Å². The van der Waals surface area contributed by atoms with Crippen LogP contribution in [0.4, 0.5) is 0 Å². The Balaban J connectivity index is 1.60. The van der Waals surface area contributed by atoms with Crippen molar-refractivity contribution in [2.24, 2.45) is 5.92 Å². The Hall–Kier alpha value is -3.17. The summed E-state index contributed by atoms with van der Waals surface area (Å²) in [6, 6.07) is 8.52. The lowest BCUT2D eigenvalue weighted by atomic mass is 10.0. The summed E-state index contributed by atoms with van der Waals surface area (Å²) < 4.78 is 28.6. The minimum Gasteiger partial charge on any atom is -0.342 e. The fourth-order valence-corrected chi connectivity index (χ4v) is 5.55. The average Bonchev–Trinajstić information content (AvgIpc) is 3.23. The number of hydrogen-bond acceptors (Lipinski definition) is 6. The van der Waals surface area contributed by atoms with Crippen molar-refractivity contribution in [3.05, 3.63) is 77.4 Å². The molecule has 3 aromatic heterocycles. The summed E-state index contributed by atoms with van der Waals surface area (Å²) >= 11 is 0. The van der Waals surface area contributed by atoms with Crippen LogP contribution in [0.15, 0.2) is 53.8 Å². The van der Waals surface area contributed by atoms with Crippen LogP contribution < -0.4 is 0 Å². The Morgan fingerprint density at radius 3 is 2.49 bits per heavy atom. The molecular weight excluding hydrogens is 460 g/mol. The van der Waals surface area contributed by atoms with Crippen molar-refractivity contribution in [3.8, 4) is 0 Å². The van der Waals surface area contributed by atoms with Gasteiger partial charge < -0.3 is 4.98 Å². The van der Waals surface area contributed by atoms with Crippen LogP contribution in [0.5, 0.6) is 0 Å². The van der Waals surface area contributed by atoms with Gasteiger partial charge in [0.25, 0.3) is 0 Å². The van der Waals surface area contributed by atoms with Crippen LogP contribution in [0.1, 0.15) is 61.7 Å². The summed E-state index contributed by atoms with van der Waals surface area (Å²) in [6.07, 6.45) is 7.11. The number of nitrogens with one attached hydrogen (secondary N) is 1. The summed E-state index contributed by atoms with van der Waals surface area (Å²) in [5.41, 5.74) is 5.13. The van der Waals surface area contributed by atoms with Gasteiger partial charge in [-0.25, -0.2) is 13.4 Å². The monoisotopic (exact) mass is 492 g/mol. The summed E-state index contributed by atoms with van der Waals surface area (Å²) in [5, 5.41) is 0. The number of benzene rings is 1. The lowest BCUT2D eigenvalue weighted by molar-refractivity contribution is 0.317. The van der Waals surface area contributed by atoms with Crippen molar-refractivity contribution in [1.82, 2.24) is 29.2 Å². The van der Waals surface area contributed by atoms with E-state index in [4.69, 9.17) is 0 Å². The zero-order valence-corrected chi connectivity index (χ0v) is 21.7. The molecule has 8 nitrogen and oxygen atoms in total. The Kier molecular flexibility index (Phi) is 7.28. The molecule has 1 unspecified atom stereocenters. The van der Waals surface area contributed by atoms with Crippen LogP contribution in [0, 0.1) is 12.8 Å². The molecule has 0 amide bonds. The van der Waals surface area contributed by atoms with Crippen LogP contribution in [0.3, 0.4) is 0 Å². The highest BCUT2D eigenvalue weighted by Gasteiger charge is 2.31. The fraction of sp³-hybridized carbons (Fsp3) is 0.385. The van der Waals surface area contributed by atoms with Gasteiger partial charge in [0.2, 0.25) is 10.0 Å². The molecule has 0 saturated carbocycles. The van der Waals surface area contributed by atoms with E-state index in [0.29, 0.717) is 18.5 Å². The molecule has 0 spiro atoms. The molecule has 184 valence electrons. The number of imidazole rings is 1. The lowest BCUT2D eigenvalue weighted by Crippen LogP contribution is -2.33. The van der Waals surface area contributed by atoms with E-state index in [-0.39, 0.29) is 10.8 Å². The third-order valence-electron chi connectivity index (χ3n) is 6.11. The number of hydrogen-bond donors (Lipinski definition) is 1. The molecule has 0 bridgehead atoms.